The lowest BCUT2D eigenvalue weighted by molar-refractivity contribution is 0.187. The molecule has 2 rings (SSSR count). The van der Waals surface area contributed by atoms with E-state index >= 15 is 0 Å². The molecule has 0 spiro atoms. The molecule has 0 aromatic heterocycles. The van der Waals surface area contributed by atoms with Crippen molar-refractivity contribution in [3.8, 4) is 0 Å². The van der Waals surface area contributed by atoms with Crippen molar-refractivity contribution in [1.82, 2.24) is 0 Å². The van der Waals surface area contributed by atoms with Crippen molar-refractivity contribution >= 4 is 0 Å². The second-order valence-corrected chi connectivity index (χ2v) is 5.77. The third-order valence-corrected chi connectivity index (χ3v) is 4.69. The molecule has 0 heteroatoms. The molecule has 2 aliphatic rings. The number of hydrogen-bond acceptors (Lipinski definition) is 0. The summed E-state index contributed by atoms with van der Waals surface area (Å²) in [7, 11) is 0. The first-order chi connectivity index (χ1) is 6.15. The minimum absolute atomic E-state index is 0.927. The van der Waals surface area contributed by atoms with Crippen molar-refractivity contribution in [1.29, 1.82) is 0 Å². The zero-order chi connectivity index (χ0) is 9.59. The fourth-order valence-electron chi connectivity index (χ4n) is 3.74. The highest BCUT2D eigenvalue weighted by atomic mass is 14.6. The van der Waals surface area contributed by atoms with E-state index in [4.69, 9.17) is 0 Å². The average Bonchev–Trinajstić information content (AvgIpc) is 2.74. The Morgan fingerprint density at radius 2 is 1.85 bits per heavy atom. The Hall–Kier alpha value is 0. The van der Waals surface area contributed by atoms with Crippen molar-refractivity contribution in [3.05, 3.63) is 0 Å². The maximum absolute atomic E-state index is 2.46. The van der Waals surface area contributed by atoms with Crippen LogP contribution in [-0.2, 0) is 0 Å². The van der Waals surface area contributed by atoms with E-state index in [1.165, 1.54) is 6.42 Å². The van der Waals surface area contributed by atoms with Gasteiger partial charge in [-0.1, -0.05) is 34.1 Å². The monoisotopic (exact) mass is 180 g/mol. The summed E-state index contributed by atoms with van der Waals surface area (Å²) in [4.78, 5) is 0. The summed E-state index contributed by atoms with van der Waals surface area (Å²) >= 11 is 0. The standard InChI is InChI=1S/C13H24/c1-5-9(4)11-6-10-7-12(10)13(11)8(2)3/h8-13H,5-7H2,1-4H3. The second kappa shape index (κ2) is 3.29. The van der Waals surface area contributed by atoms with E-state index in [1.54, 1.807) is 12.8 Å². The molecule has 2 aliphatic carbocycles. The zero-order valence-electron chi connectivity index (χ0n) is 9.59. The molecule has 0 aromatic rings. The van der Waals surface area contributed by atoms with E-state index in [9.17, 15) is 0 Å². The number of hydrogen-bond donors (Lipinski definition) is 0. The molecule has 0 N–H and O–H groups in total. The topological polar surface area (TPSA) is 0 Å². The van der Waals surface area contributed by atoms with Crippen molar-refractivity contribution in [3.63, 3.8) is 0 Å². The molecule has 0 saturated heterocycles. The molecule has 2 fully saturated rings. The van der Waals surface area contributed by atoms with Gasteiger partial charge in [0.05, 0.1) is 0 Å². The van der Waals surface area contributed by atoms with Crippen LogP contribution in [0.15, 0.2) is 0 Å². The van der Waals surface area contributed by atoms with Crippen LogP contribution in [0.5, 0.6) is 0 Å². The summed E-state index contributed by atoms with van der Waals surface area (Å²) in [5, 5.41) is 0. The zero-order valence-corrected chi connectivity index (χ0v) is 9.59. The molecule has 2 saturated carbocycles. The molecular formula is C13H24. The smallest absolute Gasteiger partial charge is 0.0329 e. The molecule has 0 radical (unpaired) electrons. The maximum atomic E-state index is 2.46. The molecule has 0 aromatic carbocycles. The average molecular weight is 180 g/mol. The molecule has 0 nitrogen and oxygen atoms in total. The molecule has 0 amide bonds. The lowest BCUT2D eigenvalue weighted by Gasteiger charge is -2.30. The predicted molar refractivity (Wildman–Crippen MR) is 57.5 cm³/mol. The molecule has 0 heterocycles. The quantitative estimate of drug-likeness (QED) is 0.616. The van der Waals surface area contributed by atoms with Gasteiger partial charge in [0.25, 0.3) is 0 Å². The summed E-state index contributed by atoms with van der Waals surface area (Å²) < 4.78 is 0. The van der Waals surface area contributed by atoms with Gasteiger partial charge in [0.2, 0.25) is 0 Å². The van der Waals surface area contributed by atoms with Crippen LogP contribution in [0.25, 0.3) is 0 Å². The third kappa shape index (κ3) is 1.53. The van der Waals surface area contributed by atoms with Gasteiger partial charge in [-0.3, -0.25) is 0 Å². The Bertz CT molecular complexity index is 182. The summed E-state index contributed by atoms with van der Waals surface area (Å²) in [6, 6.07) is 0. The third-order valence-electron chi connectivity index (χ3n) is 4.69. The van der Waals surface area contributed by atoms with Gasteiger partial charge in [0, 0.05) is 0 Å². The molecular weight excluding hydrogens is 156 g/mol. The van der Waals surface area contributed by atoms with Crippen LogP contribution in [0.3, 0.4) is 0 Å². The molecule has 0 bridgehead atoms. The van der Waals surface area contributed by atoms with Crippen LogP contribution in [0.1, 0.15) is 47.0 Å². The van der Waals surface area contributed by atoms with Crippen molar-refractivity contribution in [2.24, 2.45) is 35.5 Å². The van der Waals surface area contributed by atoms with Gasteiger partial charge >= 0.3 is 0 Å². The van der Waals surface area contributed by atoms with Gasteiger partial charge in [-0.25, -0.2) is 0 Å². The highest BCUT2D eigenvalue weighted by Gasteiger charge is 2.54. The van der Waals surface area contributed by atoms with Gasteiger partial charge in [-0.2, -0.15) is 0 Å². The van der Waals surface area contributed by atoms with Crippen LogP contribution >= 0.6 is 0 Å². The summed E-state index contributed by atoms with van der Waals surface area (Å²) in [5.41, 5.74) is 0. The molecule has 5 atom stereocenters. The van der Waals surface area contributed by atoms with Crippen molar-refractivity contribution in [2.75, 3.05) is 0 Å². The highest BCUT2D eigenvalue weighted by Crippen LogP contribution is 2.62. The maximum Gasteiger partial charge on any atom is -0.0329 e. The van der Waals surface area contributed by atoms with Gasteiger partial charge in [-0.05, 0) is 48.3 Å². The highest BCUT2D eigenvalue weighted by molar-refractivity contribution is 5.03. The lowest BCUT2D eigenvalue weighted by Crippen LogP contribution is -2.23. The van der Waals surface area contributed by atoms with Crippen LogP contribution in [0.2, 0.25) is 0 Å². The van der Waals surface area contributed by atoms with Gasteiger partial charge in [0.15, 0.2) is 0 Å². The van der Waals surface area contributed by atoms with E-state index in [-0.39, 0.29) is 0 Å². The minimum Gasteiger partial charge on any atom is -0.0651 e. The van der Waals surface area contributed by atoms with E-state index in [0.29, 0.717) is 0 Å². The van der Waals surface area contributed by atoms with E-state index < -0.39 is 0 Å². The largest absolute Gasteiger partial charge is 0.0651 e. The van der Waals surface area contributed by atoms with Crippen molar-refractivity contribution in [2.45, 2.75) is 47.0 Å². The normalized spacial score (nSPS) is 45.0. The lowest BCUT2D eigenvalue weighted by atomic mass is 9.75. The number of fused-ring (bicyclic) bond motifs is 1. The predicted octanol–water partition coefficient (Wildman–Crippen LogP) is 3.96. The second-order valence-electron chi connectivity index (χ2n) is 5.77. The van der Waals surface area contributed by atoms with Crippen LogP contribution in [-0.4, -0.2) is 0 Å². The first-order valence-electron chi connectivity index (χ1n) is 6.15. The van der Waals surface area contributed by atoms with Gasteiger partial charge < -0.3 is 0 Å². The Balaban J connectivity index is 2.03. The molecule has 76 valence electrons. The van der Waals surface area contributed by atoms with E-state index in [0.717, 1.165) is 35.5 Å². The fraction of sp³-hybridized carbons (Fsp3) is 1.00. The Morgan fingerprint density at radius 1 is 1.15 bits per heavy atom. The van der Waals surface area contributed by atoms with E-state index in [1.807, 2.05) is 0 Å². The van der Waals surface area contributed by atoms with E-state index in [2.05, 4.69) is 27.7 Å². The fourth-order valence-corrected chi connectivity index (χ4v) is 3.74. The van der Waals surface area contributed by atoms with Crippen LogP contribution < -0.4 is 0 Å². The first-order valence-corrected chi connectivity index (χ1v) is 6.15. The van der Waals surface area contributed by atoms with Gasteiger partial charge in [-0.15, -0.1) is 0 Å². The SMILES string of the molecule is CCC(C)C1CC2CC2C1C(C)C. The first kappa shape index (κ1) is 9.55. The van der Waals surface area contributed by atoms with Crippen LogP contribution in [0, 0.1) is 35.5 Å². The Labute approximate surface area is 83.1 Å². The van der Waals surface area contributed by atoms with Crippen molar-refractivity contribution < 1.29 is 0 Å². The Morgan fingerprint density at radius 3 is 2.38 bits per heavy atom. The Kier molecular flexibility index (Phi) is 2.42. The van der Waals surface area contributed by atoms with Crippen LogP contribution in [0.4, 0.5) is 0 Å². The summed E-state index contributed by atoms with van der Waals surface area (Å²) in [6.07, 6.45) is 4.51. The summed E-state index contributed by atoms with van der Waals surface area (Å²) in [5.74, 6) is 6.32. The van der Waals surface area contributed by atoms with Gasteiger partial charge in [0.1, 0.15) is 0 Å². The molecule has 13 heavy (non-hydrogen) atoms. The molecule has 0 aliphatic heterocycles. The number of rotatable bonds is 3. The minimum atomic E-state index is 0.927. The molecule has 5 unspecified atom stereocenters. The summed E-state index contributed by atoms with van der Waals surface area (Å²) in [6.45, 7) is 9.68.